The summed E-state index contributed by atoms with van der Waals surface area (Å²) in [5.74, 6) is 0. The van der Waals surface area contributed by atoms with Gasteiger partial charge in [-0.3, -0.25) is 0 Å². The van der Waals surface area contributed by atoms with E-state index < -0.39 is 0 Å². The number of halogens is 1. The zero-order chi connectivity index (χ0) is 15.8. The molecule has 0 heterocycles. The quantitative estimate of drug-likeness (QED) is 0.742. The third-order valence-corrected chi connectivity index (χ3v) is 2.98. The predicted octanol–water partition coefficient (Wildman–Crippen LogP) is 5.63. The van der Waals surface area contributed by atoms with Gasteiger partial charge in [0, 0.05) is 16.4 Å². The highest BCUT2D eigenvalue weighted by Crippen LogP contribution is 2.17. The van der Waals surface area contributed by atoms with Gasteiger partial charge >= 0.3 is 6.03 Å². The molecule has 0 saturated heterocycles. The van der Waals surface area contributed by atoms with E-state index in [0.29, 0.717) is 10.7 Å². The molecule has 0 aliphatic carbocycles. The predicted molar refractivity (Wildman–Crippen MR) is 91.4 cm³/mol. The van der Waals surface area contributed by atoms with Crippen molar-refractivity contribution in [3.8, 4) is 0 Å². The van der Waals surface area contributed by atoms with Crippen molar-refractivity contribution < 1.29 is 4.79 Å². The monoisotopic (exact) mass is 304 g/mol. The molecule has 0 unspecified atom stereocenters. The molecule has 0 radical (unpaired) electrons. The molecule has 2 rings (SSSR count). The molecule has 0 spiro atoms. The van der Waals surface area contributed by atoms with Crippen molar-refractivity contribution in [2.75, 3.05) is 10.6 Å². The van der Waals surface area contributed by atoms with Crippen LogP contribution in [0.5, 0.6) is 0 Å². The molecule has 0 bridgehead atoms. The van der Waals surface area contributed by atoms with E-state index in [-0.39, 0.29) is 6.03 Å². The first-order valence-corrected chi connectivity index (χ1v) is 7.33. The fraction of sp³-hybridized carbons (Fsp3) is 0.235. The van der Waals surface area contributed by atoms with Crippen LogP contribution in [-0.4, -0.2) is 6.03 Å². The lowest BCUT2D eigenvalue weighted by Gasteiger charge is -2.10. The van der Waals surface area contributed by atoms with E-state index in [1.54, 1.807) is 24.3 Å². The van der Waals surface area contributed by atoms with Crippen LogP contribution < -0.4 is 10.6 Å². The van der Waals surface area contributed by atoms with Gasteiger partial charge in [0.25, 0.3) is 0 Å². The number of urea groups is 1. The maximum absolute atomic E-state index is 11.8. The Kier molecular flexibility index (Phi) is 6.76. The molecule has 0 fully saturated rings. The number of amides is 2. The van der Waals surface area contributed by atoms with E-state index in [4.69, 9.17) is 11.6 Å². The van der Waals surface area contributed by atoms with Crippen LogP contribution in [0.1, 0.15) is 25.0 Å². The van der Waals surface area contributed by atoms with Crippen molar-refractivity contribution in [3.05, 3.63) is 58.6 Å². The number of anilines is 2. The van der Waals surface area contributed by atoms with Crippen LogP contribution in [0.2, 0.25) is 5.02 Å². The molecule has 2 amide bonds. The van der Waals surface area contributed by atoms with Gasteiger partial charge in [0.05, 0.1) is 0 Å². The van der Waals surface area contributed by atoms with Crippen LogP contribution in [0, 0.1) is 13.8 Å². The lowest BCUT2D eigenvalue weighted by atomic mass is 10.1. The third kappa shape index (κ3) is 5.48. The maximum Gasteiger partial charge on any atom is 0.323 e. The van der Waals surface area contributed by atoms with Gasteiger partial charge in [0.1, 0.15) is 0 Å². The van der Waals surface area contributed by atoms with Crippen LogP contribution in [-0.2, 0) is 0 Å². The van der Waals surface area contributed by atoms with Crippen molar-refractivity contribution in [1.29, 1.82) is 0 Å². The summed E-state index contributed by atoms with van der Waals surface area (Å²) in [5, 5.41) is 6.21. The van der Waals surface area contributed by atoms with Gasteiger partial charge < -0.3 is 10.6 Å². The zero-order valence-electron chi connectivity index (χ0n) is 12.8. The lowest BCUT2D eigenvalue weighted by Crippen LogP contribution is -2.19. The molecule has 2 N–H and O–H groups in total. The van der Waals surface area contributed by atoms with E-state index in [2.05, 4.69) is 10.6 Å². The second-order valence-electron chi connectivity index (χ2n) is 4.40. The summed E-state index contributed by atoms with van der Waals surface area (Å²) < 4.78 is 0. The normalized spacial score (nSPS) is 9.38. The minimum absolute atomic E-state index is 0.269. The topological polar surface area (TPSA) is 41.1 Å². The third-order valence-electron chi connectivity index (χ3n) is 2.73. The average Bonchev–Trinajstić information content (AvgIpc) is 2.47. The maximum atomic E-state index is 11.8. The van der Waals surface area contributed by atoms with Crippen LogP contribution in [0.4, 0.5) is 16.2 Å². The molecule has 0 saturated carbocycles. The van der Waals surface area contributed by atoms with E-state index >= 15 is 0 Å². The first-order chi connectivity index (χ1) is 10.0. The minimum atomic E-state index is -0.269. The van der Waals surface area contributed by atoms with E-state index in [1.807, 2.05) is 45.9 Å². The molecule has 3 nitrogen and oxygen atoms in total. The summed E-state index contributed by atoms with van der Waals surface area (Å²) in [4.78, 5) is 11.8. The van der Waals surface area contributed by atoms with E-state index in [1.165, 1.54) is 5.56 Å². The number of aryl methyl sites for hydroxylation is 2. The zero-order valence-corrected chi connectivity index (χ0v) is 13.6. The Morgan fingerprint density at radius 1 is 0.952 bits per heavy atom. The van der Waals surface area contributed by atoms with E-state index in [0.717, 1.165) is 11.3 Å². The van der Waals surface area contributed by atoms with Gasteiger partial charge in [-0.25, -0.2) is 4.79 Å². The summed E-state index contributed by atoms with van der Waals surface area (Å²) in [6, 6.07) is 12.6. The molecule has 0 aromatic heterocycles. The summed E-state index contributed by atoms with van der Waals surface area (Å²) in [6.07, 6.45) is 0. The lowest BCUT2D eigenvalue weighted by molar-refractivity contribution is 0.262. The summed E-state index contributed by atoms with van der Waals surface area (Å²) in [5.41, 5.74) is 3.70. The second-order valence-corrected chi connectivity index (χ2v) is 4.84. The molecule has 0 atom stereocenters. The molecular weight excluding hydrogens is 284 g/mol. The molecule has 4 heteroatoms. The number of hydrogen-bond acceptors (Lipinski definition) is 1. The molecule has 2 aromatic rings. The fourth-order valence-electron chi connectivity index (χ4n) is 1.77. The fourth-order valence-corrected chi connectivity index (χ4v) is 1.90. The smallest absolute Gasteiger partial charge is 0.308 e. The van der Waals surface area contributed by atoms with Gasteiger partial charge in [0.15, 0.2) is 0 Å². The Hall–Kier alpha value is -2.00. The van der Waals surface area contributed by atoms with Crippen LogP contribution >= 0.6 is 11.6 Å². The highest BCUT2D eigenvalue weighted by molar-refractivity contribution is 6.30. The molecular formula is C17H21ClN2O. The number of hydrogen-bond donors (Lipinski definition) is 2. The highest BCUT2D eigenvalue weighted by Gasteiger charge is 2.04. The standard InChI is InChI=1S/C15H15ClN2O.C2H6/c1-10-3-8-14(11(2)9-10)18-15(19)17-13-6-4-12(16)5-7-13;1-2/h3-9H,1-2H3,(H2,17,18,19);1-2H3. The van der Waals surface area contributed by atoms with Crippen LogP contribution in [0.25, 0.3) is 0 Å². The summed E-state index contributed by atoms with van der Waals surface area (Å²) in [7, 11) is 0. The molecule has 0 aliphatic heterocycles. The Bertz CT molecular complexity index is 594. The van der Waals surface area contributed by atoms with Crippen molar-refractivity contribution in [1.82, 2.24) is 0 Å². The molecule has 21 heavy (non-hydrogen) atoms. The van der Waals surface area contributed by atoms with Gasteiger partial charge in [-0.05, 0) is 49.7 Å². The van der Waals surface area contributed by atoms with Crippen LogP contribution in [0.3, 0.4) is 0 Å². The number of carbonyl (C=O) groups is 1. The number of benzene rings is 2. The Morgan fingerprint density at radius 2 is 1.57 bits per heavy atom. The first-order valence-electron chi connectivity index (χ1n) is 6.95. The van der Waals surface area contributed by atoms with Gasteiger partial charge in [-0.15, -0.1) is 0 Å². The second kappa shape index (κ2) is 8.32. The Balaban J connectivity index is 0.00000106. The molecule has 2 aromatic carbocycles. The van der Waals surface area contributed by atoms with Gasteiger partial charge in [-0.1, -0.05) is 43.1 Å². The van der Waals surface area contributed by atoms with E-state index in [9.17, 15) is 4.79 Å². The summed E-state index contributed by atoms with van der Waals surface area (Å²) >= 11 is 5.79. The van der Waals surface area contributed by atoms with Crippen molar-refractivity contribution in [3.63, 3.8) is 0 Å². The minimum Gasteiger partial charge on any atom is -0.308 e. The largest absolute Gasteiger partial charge is 0.323 e. The summed E-state index contributed by atoms with van der Waals surface area (Å²) in [6.45, 7) is 7.98. The van der Waals surface area contributed by atoms with Crippen molar-refractivity contribution in [2.45, 2.75) is 27.7 Å². The number of rotatable bonds is 2. The first kappa shape index (κ1) is 17.1. The number of nitrogens with one attached hydrogen (secondary N) is 2. The molecule has 112 valence electrons. The van der Waals surface area contributed by atoms with Crippen molar-refractivity contribution in [2.24, 2.45) is 0 Å². The van der Waals surface area contributed by atoms with Crippen LogP contribution in [0.15, 0.2) is 42.5 Å². The van der Waals surface area contributed by atoms with Crippen molar-refractivity contribution >= 4 is 29.0 Å². The number of carbonyl (C=O) groups excluding carboxylic acids is 1. The van der Waals surface area contributed by atoms with Gasteiger partial charge in [0.2, 0.25) is 0 Å². The average molecular weight is 305 g/mol. The SMILES string of the molecule is CC.Cc1ccc(NC(=O)Nc2ccc(Cl)cc2)c(C)c1. The molecule has 0 aliphatic rings. The Labute approximate surface area is 131 Å². The Morgan fingerprint density at radius 3 is 2.14 bits per heavy atom. The highest BCUT2D eigenvalue weighted by atomic mass is 35.5. The van der Waals surface area contributed by atoms with Gasteiger partial charge in [-0.2, -0.15) is 0 Å².